The topological polar surface area (TPSA) is 29.3 Å². The molecule has 0 saturated carbocycles. The number of aromatic nitrogens is 1. The van der Waals surface area contributed by atoms with Gasteiger partial charge in [0.15, 0.2) is 0 Å². The van der Waals surface area contributed by atoms with Crippen LogP contribution >= 0.6 is 0 Å². The second-order valence-electron chi connectivity index (χ2n) is 12.0. The first kappa shape index (κ1) is 27.8. The lowest BCUT2D eigenvalue weighted by Gasteiger charge is -2.28. The average molecular weight is 615 g/mol. The molecule has 9 rings (SSSR count). The minimum atomic E-state index is 0.844. The van der Waals surface area contributed by atoms with Crippen molar-refractivity contribution in [3.63, 3.8) is 0 Å². The Balaban J connectivity index is 1.22. The summed E-state index contributed by atoms with van der Waals surface area (Å²) in [6.07, 6.45) is 3.72. The third-order valence-electron chi connectivity index (χ3n) is 9.18. The van der Waals surface area contributed by atoms with Crippen molar-refractivity contribution in [3.05, 3.63) is 182 Å². The van der Waals surface area contributed by atoms with Crippen molar-refractivity contribution in [1.29, 1.82) is 0 Å². The van der Waals surface area contributed by atoms with E-state index in [1.165, 1.54) is 22.3 Å². The molecule has 0 N–H and O–H groups in total. The highest BCUT2D eigenvalue weighted by molar-refractivity contribution is 6.19. The normalized spacial score (nSPS) is 11.3. The number of rotatable bonds is 6. The van der Waals surface area contributed by atoms with Gasteiger partial charge in [0.05, 0.1) is 16.8 Å². The number of fused-ring (bicyclic) bond motifs is 5. The van der Waals surface area contributed by atoms with Gasteiger partial charge < -0.3 is 9.32 Å². The second-order valence-corrected chi connectivity index (χ2v) is 12.0. The van der Waals surface area contributed by atoms with Crippen molar-refractivity contribution in [2.24, 2.45) is 0 Å². The number of benzene rings is 7. The Morgan fingerprint density at radius 3 is 1.77 bits per heavy atom. The number of anilines is 3. The first-order valence-electron chi connectivity index (χ1n) is 16.2. The van der Waals surface area contributed by atoms with E-state index in [1.807, 2.05) is 18.5 Å². The minimum Gasteiger partial charge on any atom is -0.455 e. The van der Waals surface area contributed by atoms with Crippen molar-refractivity contribution >= 4 is 49.8 Å². The molecule has 7 aromatic carbocycles. The molecule has 3 heteroatoms. The summed E-state index contributed by atoms with van der Waals surface area (Å²) in [6.45, 7) is 0. The van der Waals surface area contributed by atoms with Crippen LogP contribution in [0.5, 0.6) is 0 Å². The predicted octanol–water partition coefficient (Wildman–Crippen LogP) is 12.6. The molecule has 0 aliphatic rings. The highest BCUT2D eigenvalue weighted by Crippen LogP contribution is 2.46. The van der Waals surface area contributed by atoms with Gasteiger partial charge in [-0.05, 0) is 75.7 Å². The molecule has 0 unspecified atom stereocenters. The fourth-order valence-corrected chi connectivity index (χ4v) is 6.84. The van der Waals surface area contributed by atoms with E-state index in [0.717, 1.165) is 60.9 Å². The maximum Gasteiger partial charge on any atom is 0.144 e. The maximum absolute atomic E-state index is 6.60. The van der Waals surface area contributed by atoms with E-state index in [-0.39, 0.29) is 0 Å². The van der Waals surface area contributed by atoms with E-state index in [4.69, 9.17) is 4.42 Å². The summed E-state index contributed by atoms with van der Waals surface area (Å²) in [5.74, 6) is 0. The third kappa shape index (κ3) is 4.81. The van der Waals surface area contributed by atoms with Crippen molar-refractivity contribution in [2.45, 2.75) is 0 Å². The highest BCUT2D eigenvalue weighted by atomic mass is 16.3. The van der Waals surface area contributed by atoms with Crippen molar-refractivity contribution in [3.8, 4) is 33.4 Å². The van der Waals surface area contributed by atoms with E-state index in [1.54, 1.807) is 0 Å². The molecule has 0 spiro atoms. The van der Waals surface area contributed by atoms with Crippen LogP contribution in [0.1, 0.15) is 0 Å². The molecule has 0 radical (unpaired) electrons. The number of nitrogens with zero attached hydrogens (tertiary/aromatic N) is 2. The van der Waals surface area contributed by atoms with E-state index >= 15 is 0 Å². The number of furan rings is 1. The molecule has 0 saturated heterocycles. The summed E-state index contributed by atoms with van der Waals surface area (Å²) in [7, 11) is 0. The van der Waals surface area contributed by atoms with Crippen LogP contribution in [-0.4, -0.2) is 4.98 Å². The Morgan fingerprint density at radius 2 is 1.04 bits per heavy atom. The molecule has 9 aromatic rings. The zero-order chi connectivity index (χ0) is 31.9. The van der Waals surface area contributed by atoms with Gasteiger partial charge in [0.1, 0.15) is 11.2 Å². The molecule has 2 heterocycles. The largest absolute Gasteiger partial charge is 0.455 e. The maximum atomic E-state index is 6.60. The molecule has 0 fully saturated rings. The van der Waals surface area contributed by atoms with Gasteiger partial charge in [0, 0.05) is 34.4 Å². The van der Waals surface area contributed by atoms with Crippen LogP contribution in [-0.2, 0) is 0 Å². The number of para-hydroxylation sites is 1. The van der Waals surface area contributed by atoms with Gasteiger partial charge in [-0.25, -0.2) is 0 Å². The monoisotopic (exact) mass is 614 g/mol. The minimum absolute atomic E-state index is 0.844. The summed E-state index contributed by atoms with van der Waals surface area (Å²) in [5, 5.41) is 4.26. The summed E-state index contributed by atoms with van der Waals surface area (Å²) < 4.78 is 6.60. The predicted molar refractivity (Wildman–Crippen MR) is 200 cm³/mol. The lowest BCUT2D eigenvalue weighted by atomic mass is 9.99. The van der Waals surface area contributed by atoms with Gasteiger partial charge in [-0.3, -0.25) is 4.98 Å². The second kappa shape index (κ2) is 11.7. The average Bonchev–Trinajstić information content (AvgIpc) is 3.56. The van der Waals surface area contributed by atoms with Crippen molar-refractivity contribution < 1.29 is 4.42 Å². The summed E-state index contributed by atoms with van der Waals surface area (Å²) in [5.41, 5.74) is 12.0. The Hall–Kier alpha value is -6.45. The zero-order valence-electron chi connectivity index (χ0n) is 26.1. The van der Waals surface area contributed by atoms with Gasteiger partial charge in [0.2, 0.25) is 0 Å². The van der Waals surface area contributed by atoms with Crippen LogP contribution in [0, 0.1) is 0 Å². The molecule has 0 aliphatic carbocycles. The SMILES string of the molecule is c1ccc(-c2ccc(-c3ccc(N(c4ccccc4-c4ccccc4)c4cccc5oc6c7cnccc7ccc6c45)cc3)cc2)cc1. The molecule has 2 aromatic heterocycles. The van der Waals surface area contributed by atoms with Gasteiger partial charge in [-0.2, -0.15) is 0 Å². The zero-order valence-corrected chi connectivity index (χ0v) is 26.1. The molecule has 226 valence electrons. The Kier molecular flexibility index (Phi) is 6.80. The van der Waals surface area contributed by atoms with Crippen molar-refractivity contribution in [2.75, 3.05) is 4.90 Å². The molecular formula is C45H30N2O. The van der Waals surface area contributed by atoms with Crippen LogP contribution in [0.2, 0.25) is 0 Å². The lowest BCUT2D eigenvalue weighted by Crippen LogP contribution is -2.11. The van der Waals surface area contributed by atoms with Crippen LogP contribution in [0.4, 0.5) is 17.1 Å². The molecule has 3 nitrogen and oxygen atoms in total. The lowest BCUT2D eigenvalue weighted by molar-refractivity contribution is 0.672. The Bertz CT molecular complexity index is 2540. The fourth-order valence-electron chi connectivity index (χ4n) is 6.84. The van der Waals surface area contributed by atoms with E-state index in [0.29, 0.717) is 0 Å². The highest BCUT2D eigenvalue weighted by Gasteiger charge is 2.22. The third-order valence-corrected chi connectivity index (χ3v) is 9.18. The standard InChI is InChI=1S/C45H30N2O/c1-3-10-31(11-4-1)32-18-20-33(21-19-32)34-22-25-37(26-23-34)47(41-15-8-7-14-38(41)35-12-5-2-6-13-35)42-16-9-17-43-44(42)39-27-24-36-28-29-46-30-40(36)45(39)48-43/h1-30H. The first-order valence-corrected chi connectivity index (χ1v) is 16.2. The summed E-state index contributed by atoms with van der Waals surface area (Å²) in [6, 6.07) is 60.1. The molecule has 48 heavy (non-hydrogen) atoms. The van der Waals surface area contributed by atoms with Gasteiger partial charge in [-0.15, -0.1) is 0 Å². The van der Waals surface area contributed by atoms with Crippen LogP contribution in [0.3, 0.4) is 0 Å². The summed E-state index contributed by atoms with van der Waals surface area (Å²) >= 11 is 0. The molecular weight excluding hydrogens is 585 g/mol. The van der Waals surface area contributed by atoms with Crippen LogP contribution < -0.4 is 4.90 Å². The molecule has 0 atom stereocenters. The molecule has 0 amide bonds. The van der Waals surface area contributed by atoms with Crippen LogP contribution in [0.25, 0.3) is 66.1 Å². The fraction of sp³-hybridized carbons (Fsp3) is 0. The first-order chi connectivity index (χ1) is 23.8. The number of hydrogen-bond donors (Lipinski definition) is 0. The van der Waals surface area contributed by atoms with E-state index in [2.05, 4.69) is 174 Å². The smallest absolute Gasteiger partial charge is 0.144 e. The van der Waals surface area contributed by atoms with Crippen LogP contribution in [0.15, 0.2) is 187 Å². The molecule has 0 aliphatic heterocycles. The Labute approximate surface area is 279 Å². The van der Waals surface area contributed by atoms with Gasteiger partial charge in [0.25, 0.3) is 0 Å². The number of hydrogen-bond acceptors (Lipinski definition) is 3. The number of pyridine rings is 1. The van der Waals surface area contributed by atoms with Gasteiger partial charge >= 0.3 is 0 Å². The van der Waals surface area contributed by atoms with Gasteiger partial charge in [-0.1, -0.05) is 127 Å². The molecule has 0 bridgehead atoms. The van der Waals surface area contributed by atoms with E-state index < -0.39 is 0 Å². The van der Waals surface area contributed by atoms with Crippen molar-refractivity contribution in [1.82, 2.24) is 4.98 Å². The quantitative estimate of drug-likeness (QED) is 0.187. The summed E-state index contributed by atoms with van der Waals surface area (Å²) in [4.78, 5) is 6.78. The Morgan fingerprint density at radius 1 is 0.438 bits per heavy atom. The van der Waals surface area contributed by atoms with E-state index in [9.17, 15) is 0 Å².